The van der Waals surface area contributed by atoms with Gasteiger partial charge in [-0.1, -0.05) is 11.3 Å². The molecule has 78 valence electrons. The van der Waals surface area contributed by atoms with Crippen molar-refractivity contribution < 1.29 is 0 Å². The second-order valence-corrected chi connectivity index (χ2v) is 4.85. The van der Waals surface area contributed by atoms with Gasteiger partial charge < -0.3 is 4.57 Å². The van der Waals surface area contributed by atoms with E-state index in [-0.39, 0.29) is 4.87 Å². The third-order valence-electron chi connectivity index (χ3n) is 2.04. The quantitative estimate of drug-likeness (QED) is 0.867. The van der Waals surface area contributed by atoms with E-state index in [4.69, 9.17) is 0 Å². The maximum absolute atomic E-state index is 11.2. The molecule has 0 saturated heterocycles. The molecule has 0 aliphatic heterocycles. The van der Waals surface area contributed by atoms with Crippen molar-refractivity contribution in [3.8, 4) is 0 Å². The smallest absolute Gasteiger partial charge is 0.306 e. The second kappa shape index (κ2) is 4.72. The summed E-state index contributed by atoms with van der Waals surface area (Å²) >= 11 is 4.55. The SMILES string of the molecule is O=c1sccn1CCc1ccc(Br)cn1. The van der Waals surface area contributed by atoms with E-state index in [2.05, 4.69) is 20.9 Å². The van der Waals surface area contributed by atoms with Crippen molar-refractivity contribution in [2.24, 2.45) is 0 Å². The van der Waals surface area contributed by atoms with E-state index < -0.39 is 0 Å². The number of pyridine rings is 1. The Morgan fingerprint density at radius 1 is 1.47 bits per heavy atom. The number of halogens is 1. The van der Waals surface area contributed by atoms with Crippen molar-refractivity contribution in [3.63, 3.8) is 0 Å². The molecule has 0 spiro atoms. The highest BCUT2D eigenvalue weighted by atomic mass is 79.9. The number of nitrogens with zero attached hydrogens (tertiary/aromatic N) is 2. The number of hydrogen-bond donors (Lipinski definition) is 0. The first-order chi connectivity index (χ1) is 7.25. The molecule has 0 N–H and O–H groups in total. The molecule has 5 heteroatoms. The predicted octanol–water partition coefficient (Wildman–Crippen LogP) is 2.31. The molecular weight excluding hydrogens is 276 g/mol. The van der Waals surface area contributed by atoms with Crippen LogP contribution in [-0.4, -0.2) is 9.55 Å². The summed E-state index contributed by atoms with van der Waals surface area (Å²) in [5, 5.41) is 1.80. The molecule has 0 aliphatic rings. The van der Waals surface area contributed by atoms with Gasteiger partial charge in [-0.25, -0.2) is 0 Å². The summed E-state index contributed by atoms with van der Waals surface area (Å²) in [5.41, 5.74) is 0.997. The zero-order valence-corrected chi connectivity index (χ0v) is 10.3. The fourth-order valence-corrected chi connectivity index (χ4v) is 2.09. The maximum atomic E-state index is 11.2. The molecule has 0 unspecified atom stereocenters. The Kier molecular flexibility index (Phi) is 3.33. The highest BCUT2D eigenvalue weighted by Crippen LogP contribution is 2.08. The highest BCUT2D eigenvalue weighted by molar-refractivity contribution is 9.10. The molecule has 2 aromatic heterocycles. The van der Waals surface area contributed by atoms with Crippen LogP contribution < -0.4 is 4.87 Å². The largest absolute Gasteiger partial charge is 0.307 e. The molecule has 0 aromatic carbocycles. The van der Waals surface area contributed by atoms with E-state index in [0.29, 0.717) is 6.54 Å². The molecule has 2 aromatic rings. The second-order valence-electron chi connectivity index (χ2n) is 3.08. The number of thiazole rings is 1. The van der Waals surface area contributed by atoms with E-state index in [1.165, 1.54) is 11.3 Å². The van der Waals surface area contributed by atoms with Gasteiger partial charge in [-0.2, -0.15) is 0 Å². The van der Waals surface area contributed by atoms with E-state index >= 15 is 0 Å². The van der Waals surface area contributed by atoms with Gasteiger partial charge >= 0.3 is 4.87 Å². The Morgan fingerprint density at radius 3 is 2.93 bits per heavy atom. The van der Waals surface area contributed by atoms with Crippen molar-refractivity contribution in [1.29, 1.82) is 0 Å². The fourth-order valence-electron chi connectivity index (χ4n) is 1.25. The van der Waals surface area contributed by atoms with Crippen LogP contribution >= 0.6 is 27.3 Å². The summed E-state index contributed by atoms with van der Waals surface area (Å²) in [5.74, 6) is 0. The van der Waals surface area contributed by atoms with Gasteiger partial charge in [0.05, 0.1) is 0 Å². The zero-order valence-electron chi connectivity index (χ0n) is 7.89. The van der Waals surface area contributed by atoms with E-state index in [1.807, 2.05) is 18.3 Å². The van der Waals surface area contributed by atoms with Gasteiger partial charge in [0, 0.05) is 40.9 Å². The van der Waals surface area contributed by atoms with Crippen LogP contribution in [0.1, 0.15) is 5.69 Å². The average Bonchev–Trinajstić information content (AvgIpc) is 2.63. The fraction of sp³-hybridized carbons (Fsp3) is 0.200. The molecule has 0 saturated carbocycles. The normalized spacial score (nSPS) is 10.5. The topological polar surface area (TPSA) is 34.9 Å². The Bertz CT molecular complexity index is 489. The van der Waals surface area contributed by atoms with E-state index in [1.54, 1.807) is 16.1 Å². The predicted molar refractivity (Wildman–Crippen MR) is 64.2 cm³/mol. The van der Waals surface area contributed by atoms with Crippen molar-refractivity contribution in [1.82, 2.24) is 9.55 Å². The lowest BCUT2D eigenvalue weighted by atomic mass is 10.3. The molecule has 2 heterocycles. The lowest BCUT2D eigenvalue weighted by molar-refractivity contribution is 0.675. The lowest BCUT2D eigenvalue weighted by Crippen LogP contribution is -2.13. The summed E-state index contributed by atoms with van der Waals surface area (Å²) in [4.78, 5) is 15.6. The average molecular weight is 285 g/mol. The van der Waals surface area contributed by atoms with Crippen LogP contribution in [0.5, 0.6) is 0 Å². The first kappa shape index (κ1) is 10.6. The van der Waals surface area contributed by atoms with Crippen molar-refractivity contribution in [2.75, 3.05) is 0 Å². The van der Waals surface area contributed by atoms with Crippen LogP contribution in [0.3, 0.4) is 0 Å². The zero-order chi connectivity index (χ0) is 10.7. The van der Waals surface area contributed by atoms with Gasteiger partial charge in [0.2, 0.25) is 0 Å². The molecule has 0 aliphatic carbocycles. The van der Waals surface area contributed by atoms with Crippen LogP contribution in [0.25, 0.3) is 0 Å². The number of rotatable bonds is 3. The summed E-state index contributed by atoms with van der Waals surface area (Å²) in [7, 11) is 0. The Balaban J connectivity index is 2.02. The molecule has 0 radical (unpaired) electrons. The minimum atomic E-state index is 0.0899. The van der Waals surface area contributed by atoms with Crippen LogP contribution in [0.2, 0.25) is 0 Å². The molecule has 0 fully saturated rings. The summed E-state index contributed by atoms with van der Waals surface area (Å²) < 4.78 is 2.67. The van der Waals surface area contributed by atoms with E-state index in [0.717, 1.165) is 16.6 Å². The lowest BCUT2D eigenvalue weighted by Gasteiger charge is -2.01. The first-order valence-corrected chi connectivity index (χ1v) is 6.17. The molecule has 15 heavy (non-hydrogen) atoms. The van der Waals surface area contributed by atoms with Gasteiger partial charge in [0.25, 0.3) is 0 Å². The third-order valence-corrected chi connectivity index (χ3v) is 3.20. The van der Waals surface area contributed by atoms with Gasteiger partial charge in [-0.3, -0.25) is 9.78 Å². The third kappa shape index (κ3) is 2.76. The van der Waals surface area contributed by atoms with Gasteiger partial charge in [-0.15, -0.1) is 0 Å². The highest BCUT2D eigenvalue weighted by Gasteiger charge is 1.98. The summed E-state index contributed by atoms with van der Waals surface area (Å²) in [6, 6.07) is 3.92. The summed E-state index contributed by atoms with van der Waals surface area (Å²) in [6.45, 7) is 0.691. The van der Waals surface area contributed by atoms with Crippen LogP contribution in [0, 0.1) is 0 Å². The standard InChI is InChI=1S/C10H9BrN2OS/c11-8-1-2-9(12-7-8)3-4-13-5-6-15-10(13)14/h1-2,5-7H,3-4H2. The van der Waals surface area contributed by atoms with E-state index in [9.17, 15) is 4.79 Å². The van der Waals surface area contributed by atoms with Crippen LogP contribution in [0.4, 0.5) is 0 Å². The number of hydrogen-bond acceptors (Lipinski definition) is 3. The Hall–Kier alpha value is -0.940. The van der Waals surface area contributed by atoms with Crippen molar-refractivity contribution >= 4 is 27.3 Å². The summed E-state index contributed by atoms with van der Waals surface area (Å²) in [6.07, 6.45) is 4.36. The van der Waals surface area contributed by atoms with Crippen molar-refractivity contribution in [3.05, 3.63) is 49.7 Å². The van der Waals surface area contributed by atoms with Crippen LogP contribution in [0.15, 0.2) is 39.2 Å². The first-order valence-electron chi connectivity index (χ1n) is 4.50. The molecular formula is C10H9BrN2OS. The Labute approximate surface area is 99.5 Å². The Morgan fingerprint density at radius 2 is 2.33 bits per heavy atom. The monoisotopic (exact) mass is 284 g/mol. The number of aryl methyl sites for hydroxylation is 2. The van der Waals surface area contributed by atoms with Crippen molar-refractivity contribution in [2.45, 2.75) is 13.0 Å². The van der Waals surface area contributed by atoms with Crippen LogP contribution in [-0.2, 0) is 13.0 Å². The number of aromatic nitrogens is 2. The minimum Gasteiger partial charge on any atom is -0.306 e. The molecule has 0 amide bonds. The van der Waals surface area contributed by atoms with Gasteiger partial charge in [0.15, 0.2) is 0 Å². The van der Waals surface area contributed by atoms with Gasteiger partial charge in [0.1, 0.15) is 0 Å². The minimum absolute atomic E-state index is 0.0899. The molecule has 0 bridgehead atoms. The molecule has 3 nitrogen and oxygen atoms in total. The molecule has 2 rings (SSSR count). The molecule has 0 atom stereocenters. The van der Waals surface area contributed by atoms with Gasteiger partial charge in [-0.05, 0) is 28.1 Å². The maximum Gasteiger partial charge on any atom is 0.307 e.